The first kappa shape index (κ1) is 13.1. The molecule has 19 heavy (non-hydrogen) atoms. The largest absolute Gasteiger partial charge is 0.502 e. The number of aromatic amines is 1. The molecule has 1 aliphatic rings. The van der Waals surface area contributed by atoms with Crippen molar-refractivity contribution in [1.82, 2.24) is 9.55 Å². The van der Waals surface area contributed by atoms with Gasteiger partial charge in [0.05, 0.1) is 4.47 Å². The van der Waals surface area contributed by atoms with Gasteiger partial charge in [-0.25, -0.2) is 9.59 Å². The average molecular weight is 331 g/mol. The maximum atomic E-state index is 11.4. The van der Waals surface area contributed by atoms with Crippen LogP contribution in [0.5, 0.6) is 0 Å². The Labute approximate surface area is 113 Å². The van der Waals surface area contributed by atoms with Gasteiger partial charge in [0, 0.05) is 12.7 Å². The van der Waals surface area contributed by atoms with Gasteiger partial charge in [0.25, 0.3) is 5.56 Å². The van der Waals surface area contributed by atoms with Crippen LogP contribution in [-0.4, -0.2) is 25.7 Å². The summed E-state index contributed by atoms with van der Waals surface area (Å²) in [5.74, 6) is -2.90. The van der Waals surface area contributed by atoms with E-state index in [1.54, 1.807) is 0 Å². The van der Waals surface area contributed by atoms with E-state index < -0.39 is 28.7 Å². The molecule has 1 aromatic rings. The van der Waals surface area contributed by atoms with Gasteiger partial charge in [-0.2, -0.15) is 0 Å². The van der Waals surface area contributed by atoms with E-state index in [9.17, 15) is 19.5 Å². The van der Waals surface area contributed by atoms with Crippen molar-refractivity contribution >= 4 is 21.9 Å². The lowest BCUT2D eigenvalue weighted by atomic mass is 10.3. The Kier molecular flexibility index (Phi) is 3.30. The SMILES string of the molecule is O=C1O/C(=C\Cn2cc(Br)c(=O)[nH]c2=O)C(O)=C1O. The third-order valence-corrected chi connectivity index (χ3v) is 2.86. The van der Waals surface area contributed by atoms with E-state index in [-0.39, 0.29) is 16.8 Å². The van der Waals surface area contributed by atoms with Gasteiger partial charge < -0.3 is 14.9 Å². The maximum Gasteiger partial charge on any atom is 0.383 e. The van der Waals surface area contributed by atoms with Crippen molar-refractivity contribution < 1.29 is 19.7 Å². The second-order valence-corrected chi connectivity index (χ2v) is 4.40. The summed E-state index contributed by atoms with van der Waals surface area (Å²) in [6.45, 7) is -0.0752. The molecule has 0 radical (unpaired) electrons. The van der Waals surface area contributed by atoms with E-state index in [1.807, 2.05) is 0 Å². The smallest absolute Gasteiger partial charge is 0.383 e. The van der Waals surface area contributed by atoms with Crippen molar-refractivity contribution in [2.45, 2.75) is 6.54 Å². The Balaban J connectivity index is 2.30. The quantitative estimate of drug-likeness (QED) is 0.659. The van der Waals surface area contributed by atoms with Gasteiger partial charge in [-0.05, 0) is 22.0 Å². The average Bonchev–Trinajstić information content (AvgIpc) is 2.60. The molecule has 100 valence electrons. The molecule has 3 N–H and O–H groups in total. The monoisotopic (exact) mass is 330 g/mol. The lowest BCUT2D eigenvalue weighted by molar-refractivity contribution is -0.135. The fourth-order valence-electron chi connectivity index (χ4n) is 1.35. The number of aliphatic hydroxyl groups excluding tert-OH is 2. The highest BCUT2D eigenvalue weighted by molar-refractivity contribution is 9.10. The molecule has 0 bridgehead atoms. The molecule has 0 aromatic carbocycles. The van der Waals surface area contributed by atoms with Crippen LogP contribution < -0.4 is 11.2 Å². The molecule has 0 aliphatic carbocycles. The highest BCUT2D eigenvalue weighted by Crippen LogP contribution is 2.21. The summed E-state index contributed by atoms with van der Waals surface area (Å²) in [6, 6.07) is 0. The third kappa shape index (κ3) is 2.45. The third-order valence-electron chi connectivity index (χ3n) is 2.29. The predicted molar refractivity (Wildman–Crippen MR) is 65.5 cm³/mol. The second kappa shape index (κ2) is 4.76. The van der Waals surface area contributed by atoms with Gasteiger partial charge in [0.1, 0.15) is 0 Å². The number of halogens is 1. The fourth-order valence-corrected chi connectivity index (χ4v) is 1.69. The van der Waals surface area contributed by atoms with E-state index in [4.69, 9.17) is 5.11 Å². The summed E-state index contributed by atoms with van der Waals surface area (Å²) < 4.78 is 5.81. The van der Waals surface area contributed by atoms with E-state index in [2.05, 4.69) is 25.7 Å². The number of nitrogens with one attached hydrogen (secondary N) is 1. The molecule has 0 unspecified atom stereocenters. The molecule has 9 heteroatoms. The number of carbonyl (C=O) groups excluding carboxylic acids is 1. The van der Waals surface area contributed by atoms with Crippen LogP contribution in [0, 0.1) is 0 Å². The number of cyclic esters (lactones) is 1. The zero-order chi connectivity index (χ0) is 14.2. The van der Waals surface area contributed by atoms with Crippen molar-refractivity contribution in [1.29, 1.82) is 0 Å². The minimum atomic E-state index is -1.07. The number of aromatic nitrogens is 2. The summed E-state index contributed by atoms with van der Waals surface area (Å²) in [5.41, 5.74) is -1.23. The maximum absolute atomic E-state index is 11.4. The molecule has 2 rings (SSSR count). The number of hydrogen-bond donors (Lipinski definition) is 3. The molecule has 0 saturated carbocycles. The van der Waals surface area contributed by atoms with Crippen LogP contribution in [0.3, 0.4) is 0 Å². The summed E-state index contributed by atoms with van der Waals surface area (Å²) in [4.78, 5) is 35.5. The summed E-state index contributed by atoms with van der Waals surface area (Å²) in [6.07, 6.45) is 2.46. The van der Waals surface area contributed by atoms with Gasteiger partial charge in [0.2, 0.25) is 11.5 Å². The minimum absolute atomic E-state index is 0.0752. The highest BCUT2D eigenvalue weighted by Gasteiger charge is 2.29. The van der Waals surface area contributed by atoms with Crippen LogP contribution in [0.4, 0.5) is 0 Å². The Morgan fingerprint density at radius 2 is 2.00 bits per heavy atom. The molecule has 1 aromatic heterocycles. The first-order valence-electron chi connectivity index (χ1n) is 4.94. The number of ether oxygens (including phenoxy) is 1. The first-order chi connectivity index (χ1) is 8.90. The number of H-pyrrole nitrogens is 1. The van der Waals surface area contributed by atoms with E-state index in [0.717, 1.165) is 4.57 Å². The summed E-state index contributed by atoms with van der Waals surface area (Å²) in [5, 5.41) is 18.4. The van der Waals surface area contributed by atoms with Crippen molar-refractivity contribution in [3.63, 3.8) is 0 Å². The summed E-state index contributed by atoms with van der Waals surface area (Å²) in [7, 11) is 0. The Morgan fingerprint density at radius 3 is 2.58 bits per heavy atom. The topological polar surface area (TPSA) is 122 Å². The molecular formula is C10H7BrN2O6. The standard InChI is InChI=1S/C10H7BrN2O6/c11-4-3-13(10(18)12-8(4)16)2-1-5-6(14)7(15)9(17)19-5/h1,3,14-15H,2H2,(H,12,16,18)/b5-1-. The number of carbonyl (C=O) groups is 1. The van der Waals surface area contributed by atoms with E-state index >= 15 is 0 Å². The van der Waals surface area contributed by atoms with Crippen LogP contribution in [0.25, 0.3) is 0 Å². The van der Waals surface area contributed by atoms with Gasteiger partial charge in [-0.1, -0.05) is 0 Å². The first-order valence-corrected chi connectivity index (χ1v) is 5.73. The van der Waals surface area contributed by atoms with Gasteiger partial charge >= 0.3 is 11.7 Å². The fraction of sp³-hybridized carbons (Fsp3) is 0.100. The molecule has 0 spiro atoms. The number of esters is 1. The Morgan fingerprint density at radius 1 is 1.32 bits per heavy atom. The number of aliphatic hydroxyl groups is 2. The zero-order valence-corrected chi connectivity index (χ0v) is 10.8. The number of rotatable bonds is 2. The zero-order valence-electron chi connectivity index (χ0n) is 9.21. The lowest BCUT2D eigenvalue weighted by Crippen LogP contribution is -2.29. The van der Waals surface area contributed by atoms with Crippen molar-refractivity contribution in [2.24, 2.45) is 0 Å². The minimum Gasteiger partial charge on any atom is -0.502 e. The van der Waals surface area contributed by atoms with Gasteiger partial charge in [0.15, 0.2) is 5.76 Å². The molecular weight excluding hydrogens is 324 g/mol. The van der Waals surface area contributed by atoms with Crippen molar-refractivity contribution in [3.05, 3.63) is 54.9 Å². The highest BCUT2D eigenvalue weighted by atomic mass is 79.9. The summed E-state index contributed by atoms with van der Waals surface area (Å²) >= 11 is 2.96. The molecule has 0 fully saturated rings. The number of allylic oxidation sites excluding steroid dienone is 1. The van der Waals surface area contributed by atoms with Crippen LogP contribution in [0.15, 0.2) is 43.6 Å². The van der Waals surface area contributed by atoms with Crippen LogP contribution in [-0.2, 0) is 16.1 Å². The van der Waals surface area contributed by atoms with E-state index in [1.165, 1.54) is 12.3 Å². The lowest BCUT2D eigenvalue weighted by Gasteiger charge is -2.02. The Hall–Kier alpha value is -2.29. The molecule has 0 saturated heterocycles. The number of hydrogen-bond acceptors (Lipinski definition) is 6. The Bertz CT molecular complexity index is 726. The van der Waals surface area contributed by atoms with Gasteiger partial charge in [-0.15, -0.1) is 0 Å². The number of nitrogens with zero attached hydrogens (tertiary/aromatic N) is 1. The van der Waals surface area contributed by atoms with Crippen LogP contribution in [0.2, 0.25) is 0 Å². The van der Waals surface area contributed by atoms with Crippen LogP contribution in [0.1, 0.15) is 0 Å². The van der Waals surface area contributed by atoms with Crippen molar-refractivity contribution in [3.8, 4) is 0 Å². The molecule has 8 nitrogen and oxygen atoms in total. The molecule has 1 aliphatic heterocycles. The van der Waals surface area contributed by atoms with Gasteiger partial charge in [-0.3, -0.25) is 14.3 Å². The van der Waals surface area contributed by atoms with E-state index in [0.29, 0.717) is 0 Å². The van der Waals surface area contributed by atoms with Crippen LogP contribution >= 0.6 is 15.9 Å². The predicted octanol–water partition coefficient (Wildman–Crippen LogP) is 0.0674. The normalized spacial score (nSPS) is 17.1. The van der Waals surface area contributed by atoms with Crippen molar-refractivity contribution in [2.75, 3.05) is 0 Å². The molecule has 0 amide bonds. The molecule has 0 atom stereocenters. The second-order valence-electron chi connectivity index (χ2n) is 3.54. The molecule has 2 heterocycles.